The number of aromatic nitrogens is 2. The van der Waals surface area contributed by atoms with E-state index < -0.39 is 39.1 Å². The Balaban J connectivity index is 1.71. The molecule has 2 N–H and O–H groups in total. The number of hydrogen-bond acceptors (Lipinski definition) is 5. The highest BCUT2D eigenvalue weighted by Gasteiger charge is 2.36. The summed E-state index contributed by atoms with van der Waals surface area (Å²) >= 11 is 0. The molecule has 13 heteroatoms. The van der Waals surface area contributed by atoms with E-state index in [-0.39, 0.29) is 48.5 Å². The molecule has 0 radical (unpaired) electrons. The van der Waals surface area contributed by atoms with Crippen LogP contribution < -0.4 is 4.90 Å². The lowest BCUT2D eigenvalue weighted by Crippen LogP contribution is -2.48. The number of nitrogens with zero attached hydrogens (tertiary/aromatic N) is 3. The number of rotatable bonds is 3. The van der Waals surface area contributed by atoms with Crippen molar-refractivity contribution < 1.29 is 35.5 Å². The van der Waals surface area contributed by atoms with Crippen LogP contribution in [0.15, 0.2) is 24.3 Å². The molecule has 1 saturated heterocycles. The lowest BCUT2D eigenvalue weighted by Gasteiger charge is -2.34. The molecule has 3 aromatic rings. The summed E-state index contributed by atoms with van der Waals surface area (Å²) in [4.78, 5) is 1.66. The number of sulfonamides is 1. The minimum Gasteiger partial charge on any atom is -0.505 e. The number of H-pyrrole nitrogens is 1. The van der Waals surface area contributed by atoms with E-state index in [4.69, 9.17) is 0 Å². The molecule has 0 atom stereocenters. The molecule has 1 aliphatic rings. The molecule has 0 saturated carbocycles. The Labute approximate surface area is 179 Å². The predicted molar refractivity (Wildman–Crippen MR) is 107 cm³/mol. The highest BCUT2D eigenvalue weighted by Crippen LogP contribution is 2.39. The van der Waals surface area contributed by atoms with Gasteiger partial charge in [-0.15, -0.1) is 0 Å². The Morgan fingerprint density at radius 2 is 1.72 bits per heavy atom. The molecule has 32 heavy (non-hydrogen) atoms. The second-order valence-electron chi connectivity index (χ2n) is 7.43. The first-order chi connectivity index (χ1) is 14.9. The van der Waals surface area contributed by atoms with E-state index in [9.17, 15) is 35.5 Å². The van der Waals surface area contributed by atoms with Crippen molar-refractivity contribution in [2.75, 3.05) is 37.3 Å². The Kier molecular flexibility index (Phi) is 5.28. The smallest absolute Gasteiger partial charge is 0.419 e. The van der Waals surface area contributed by atoms with Crippen molar-refractivity contribution in [2.45, 2.75) is 6.18 Å². The van der Waals surface area contributed by atoms with Crippen LogP contribution in [0.5, 0.6) is 5.75 Å². The number of hydrogen-bond donors (Lipinski definition) is 2. The molecule has 0 aliphatic carbocycles. The predicted octanol–water partition coefficient (Wildman–Crippen LogP) is 3.31. The fourth-order valence-corrected chi connectivity index (χ4v) is 4.53. The summed E-state index contributed by atoms with van der Waals surface area (Å²) in [7, 11) is -3.35. The molecule has 1 aromatic heterocycles. The number of phenolic OH excluding ortho intramolecular Hbond substituents is 1. The van der Waals surface area contributed by atoms with E-state index in [0.29, 0.717) is 11.6 Å². The molecule has 0 spiro atoms. The first kappa shape index (κ1) is 22.3. The zero-order chi connectivity index (χ0) is 23.4. The molecule has 2 aromatic carbocycles. The van der Waals surface area contributed by atoms with Crippen LogP contribution in [-0.4, -0.2) is 60.5 Å². The summed E-state index contributed by atoms with van der Waals surface area (Å²) in [5, 5.41) is 16.3. The Morgan fingerprint density at radius 3 is 2.31 bits per heavy atom. The van der Waals surface area contributed by atoms with E-state index in [1.54, 1.807) is 4.90 Å². The van der Waals surface area contributed by atoms with Crippen molar-refractivity contribution in [3.05, 3.63) is 41.5 Å². The van der Waals surface area contributed by atoms with Gasteiger partial charge in [0, 0.05) is 37.1 Å². The zero-order valence-electron chi connectivity index (χ0n) is 16.5. The minimum atomic E-state index is -5.05. The first-order valence-corrected chi connectivity index (χ1v) is 11.2. The number of anilines is 1. The maximum atomic E-state index is 14.9. The average Bonchev–Trinajstić information content (AvgIpc) is 3.10. The highest BCUT2D eigenvalue weighted by atomic mass is 32.2. The molecule has 0 bridgehead atoms. The van der Waals surface area contributed by atoms with Crippen LogP contribution in [0.1, 0.15) is 5.56 Å². The number of halogens is 5. The van der Waals surface area contributed by atoms with Crippen molar-refractivity contribution in [1.82, 2.24) is 14.5 Å². The van der Waals surface area contributed by atoms with Gasteiger partial charge in [-0.2, -0.15) is 22.6 Å². The van der Waals surface area contributed by atoms with Gasteiger partial charge in [-0.3, -0.25) is 5.10 Å². The number of aromatic hydroxyl groups is 1. The third-order valence-corrected chi connectivity index (χ3v) is 6.61. The molecule has 4 rings (SSSR count). The Hall–Kier alpha value is -2.93. The molecule has 0 amide bonds. The van der Waals surface area contributed by atoms with Gasteiger partial charge in [-0.1, -0.05) is 0 Å². The van der Waals surface area contributed by atoms with E-state index in [0.717, 1.165) is 18.4 Å². The maximum absolute atomic E-state index is 14.9. The summed E-state index contributed by atoms with van der Waals surface area (Å²) in [6.07, 6.45) is -3.95. The molecule has 172 valence electrons. The second-order valence-corrected chi connectivity index (χ2v) is 9.41. The van der Waals surface area contributed by atoms with Crippen LogP contribution in [0.2, 0.25) is 0 Å². The van der Waals surface area contributed by atoms with E-state index in [1.165, 1.54) is 10.4 Å². The molecule has 1 fully saturated rings. The van der Waals surface area contributed by atoms with Crippen molar-refractivity contribution in [3.63, 3.8) is 0 Å². The number of piperazine rings is 1. The largest absolute Gasteiger partial charge is 0.505 e. The fraction of sp³-hybridized carbons (Fsp3) is 0.316. The summed E-state index contributed by atoms with van der Waals surface area (Å²) in [5.74, 6) is -3.69. The summed E-state index contributed by atoms with van der Waals surface area (Å²) < 4.78 is 92.6. The lowest BCUT2D eigenvalue weighted by atomic mass is 10.0. The third kappa shape index (κ3) is 3.97. The first-order valence-electron chi connectivity index (χ1n) is 9.34. The van der Waals surface area contributed by atoms with Gasteiger partial charge in [0.1, 0.15) is 11.5 Å². The number of fused-ring (bicyclic) bond motifs is 1. The van der Waals surface area contributed by atoms with E-state index in [1.807, 2.05) is 0 Å². The molecular formula is C19H17F5N4O3S. The highest BCUT2D eigenvalue weighted by molar-refractivity contribution is 7.88. The number of alkyl halides is 3. The van der Waals surface area contributed by atoms with Crippen LogP contribution >= 0.6 is 0 Å². The topological polar surface area (TPSA) is 89.5 Å². The molecule has 0 unspecified atom stereocenters. The number of phenols is 1. The zero-order valence-corrected chi connectivity index (χ0v) is 17.4. The monoisotopic (exact) mass is 476 g/mol. The standard InChI is InChI=1S/C19H17F5N4O3S/c1-32(30,31)28-4-2-27(3-5-28)15-9-14-11(8-13(15)20)18(26-25-14)10-6-12(19(22,23)24)17(21)16(29)7-10/h6-9,29H,2-5H2,1H3,(H,25,26). The van der Waals surface area contributed by atoms with Gasteiger partial charge in [-0.25, -0.2) is 17.2 Å². The van der Waals surface area contributed by atoms with Crippen LogP contribution in [0, 0.1) is 11.6 Å². The van der Waals surface area contributed by atoms with Gasteiger partial charge in [0.05, 0.1) is 23.0 Å². The molecule has 2 heterocycles. The maximum Gasteiger partial charge on any atom is 0.419 e. The normalized spacial score (nSPS) is 16.1. The van der Waals surface area contributed by atoms with Crippen molar-refractivity contribution in [1.29, 1.82) is 0 Å². The van der Waals surface area contributed by atoms with Crippen molar-refractivity contribution in [2.24, 2.45) is 0 Å². The average molecular weight is 476 g/mol. The van der Waals surface area contributed by atoms with Gasteiger partial charge in [0.15, 0.2) is 11.6 Å². The van der Waals surface area contributed by atoms with Gasteiger partial charge >= 0.3 is 6.18 Å². The minimum absolute atomic E-state index is 0.0897. The van der Waals surface area contributed by atoms with Crippen LogP contribution in [0.3, 0.4) is 0 Å². The van der Waals surface area contributed by atoms with E-state index >= 15 is 0 Å². The third-order valence-electron chi connectivity index (χ3n) is 5.31. The van der Waals surface area contributed by atoms with Crippen LogP contribution in [0.4, 0.5) is 27.6 Å². The lowest BCUT2D eigenvalue weighted by molar-refractivity contribution is -0.140. The van der Waals surface area contributed by atoms with Crippen LogP contribution in [0.25, 0.3) is 22.2 Å². The summed E-state index contributed by atoms with van der Waals surface area (Å²) in [6, 6.07) is 3.79. The van der Waals surface area contributed by atoms with Gasteiger partial charge < -0.3 is 10.0 Å². The molecular weight excluding hydrogens is 459 g/mol. The van der Waals surface area contributed by atoms with Gasteiger partial charge in [-0.05, 0) is 24.3 Å². The van der Waals surface area contributed by atoms with Crippen molar-refractivity contribution >= 4 is 26.6 Å². The molecule has 7 nitrogen and oxygen atoms in total. The van der Waals surface area contributed by atoms with Gasteiger partial charge in [0.2, 0.25) is 10.0 Å². The summed E-state index contributed by atoms with van der Waals surface area (Å²) in [6.45, 7) is 0.855. The van der Waals surface area contributed by atoms with E-state index in [2.05, 4.69) is 10.2 Å². The Morgan fingerprint density at radius 1 is 1.06 bits per heavy atom. The van der Waals surface area contributed by atoms with Crippen LogP contribution in [-0.2, 0) is 16.2 Å². The number of benzene rings is 2. The Bertz CT molecular complexity index is 1300. The van der Waals surface area contributed by atoms with Crippen molar-refractivity contribution in [3.8, 4) is 17.0 Å². The summed E-state index contributed by atoms with van der Waals surface area (Å²) in [5.41, 5.74) is -1.51. The van der Waals surface area contributed by atoms with Gasteiger partial charge in [0.25, 0.3) is 0 Å². The second kappa shape index (κ2) is 7.59. The quantitative estimate of drug-likeness (QED) is 0.567. The SMILES string of the molecule is CS(=O)(=O)N1CCN(c2cc3[nH]nc(-c4cc(O)c(F)c(C(F)(F)F)c4)c3cc2F)CC1. The number of nitrogens with one attached hydrogen (secondary N) is 1. The molecule has 1 aliphatic heterocycles. The number of aromatic amines is 1. The fourth-order valence-electron chi connectivity index (χ4n) is 3.70.